The van der Waals surface area contributed by atoms with Crippen LogP contribution in [0.1, 0.15) is 21.5 Å². The number of piperazine rings is 1. The van der Waals surface area contributed by atoms with Gasteiger partial charge in [-0.05, 0) is 78.2 Å². The van der Waals surface area contributed by atoms with E-state index in [-0.39, 0.29) is 5.91 Å². The van der Waals surface area contributed by atoms with Crippen LogP contribution in [-0.2, 0) is 6.54 Å². The standard InChI is InChI=1S/C33H34ClN5O2/c1-23-3-8-28(34)19-27(23)22-39-14-13-35-32-31(39)20-26(21-36-32)24-4-6-25(7-5-24)33(40)38-17-15-37(16-18-38)29-9-11-30(41-2)12-10-29/h3-12,19-21H,13-18,22H2,1-2H3,(H,35,36). The van der Waals surface area contributed by atoms with Crippen LogP contribution in [0.15, 0.2) is 79.0 Å². The van der Waals surface area contributed by atoms with Crippen molar-refractivity contribution < 1.29 is 9.53 Å². The summed E-state index contributed by atoms with van der Waals surface area (Å²) < 4.78 is 5.27. The summed E-state index contributed by atoms with van der Waals surface area (Å²) in [6.45, 7) is 7.59. The number of nitrogens with zero attached hydrogens (tertiary/aromatic N) is 4. The normalized spacial score (nSPS) is 14.9. The molecule has 1 fully saturated rings. The molecular weight excluding hydrogens is 534 g/mol. The zero-order chi connectivity index (χ0) is 28.3. The molecule has 4 aromatic rings. The quantitative estimate of drug-likeness (QED) is 0.303. The van der Waals surface area contributed by atoms with Crippen LogP contribution < -0.4 is 19.9 Å². The van der Waals surface area contributed by atoms with Crippen molar-refractivity contribution in [3.63, 3.8) is 0 Å². The Balaban J connectivity index is 1.13. The molecule has 0 aliphatic carbocycles. The molecule has 210 valence electrons. The van der Waals surface area contributed by atoms with Crippen molar-refractivity contribution in [2.24, 2.45) is 0 Å². The Morgan fingerprint density at radius 1 is 0.927 bits per heavy atom. The van der Waals surface area contributed by atoms with Gasteiger partial charge in [0.15, 0.2) is 0 Å². The number of hydrogen-bond donors (Lipinski definition) is 1. The van der Waals surface area contributed by atoms with Crippen molar-refractivity contribution in [2.45, 2.75) is 13.5 Å². The van der Waals surface area contributed by atoms with E-state index < -0.39 is 0 Å². The summed E-state index contributed by atoms with van der Waals surface area (Å²) in [5.41, 5.74) is 7.42. The lowest BCUT2D eigenvalue weighted by atomic mass is 10.0. The molecule has 6 rings (SSSR count). The largest absolute Gasteiger partial charge is 0.497 e. The van der Waals surface area contributed by atoms with Gasteiger partial charge in [0, 0.05) is 73.8 Å². The summed E-state index contributed by atoms with van der Waals surface area (Å²) in [6.07, 6.45) is 1.90. The average Bonchev–Trinajstić information content (AvgIpc) is 3.02. The summed E-state index contributed by atoms with van der Waals surface area (Å²) in [6, 6.07) is 24.2. The highest BCUT2D eigenvalue weighted by Crippen LogP contribution is 2.33. The first-order valence-electron chi connectivity index (χ1n) is 14.0. The van der Waals surface area contributed by atoms with Gasteiger partial charge in [-0.3, -0.25) is 4.79 Å². The predicted octanol–water partition coefficient (Wildman–Crippen LogP) is 6.11. The number of carbonyl (C=O) groups excluding carboxylic acids is 1. The van der Waals surface area contributed by atoms with Gasteiger partial charge in [-0.2, -0.15) is 0 Å². The van der Waals surface area contributed by atoms with Gasteiger partial charge in [-0.1, -0.05) is 29.8 Å². The Kier molecular flexibility index (Phi) is 7.70. The zero-order valence-electron chi connectivity index (χ0n) is 23.4. The van der Waals surface area contributed by atoms with Crippen LogP contribution >= 0.6 is 11.6 Å². The minimum absolute atomic E-state index is 0.0711. The van der Waals surface area contributed by atoms with E-state index in [1.807, 2.05) is 59.6 Å². The van der Waals surface area contributed by atoms with Crippen molar-refractivity contribution in [3.05, 3.63) is 101 Å². The second kappa shape index (κ2) is 11.7. The van der Waals surface area contributed by atoms with E-state index in [4.69, 9.17) is 21.3 Å². The highest BCUT2D eigenvalue weighted by atomic mass is 35.5. The third kappa shape index (κ3) is 5.81. The molecule has 2 aliphatic heterocycles. The maximum absolute atomic E-state index is 13.3. The first kappa shape index (κ1) is 27.0. The van der Waals surface area contributed by atoms with E-state index in [1.165, 1.54) is 11.1 Å². The van der Waals surface area contributed by atoms with Crippen molar-refractivity contribution in [1.29, 1.82) is 0 Å². The molecule has 0 unspecified atom stereocenters. The van der Waals surface area contributed by atoms with E-state index >= 15 is 0 Å². The van der Waals surface area contributed by atoms with Crippen molar-refractivity contribution >= 4 is 34.7 Å². The van der Waals surface area contributed by atoms with Gasteiger partial charge >= 0.3 is 0 Å². The van der Waals surface area contributed by atoms with Crippen LogP contribution in [0.5, 0.6) is 5.75 Å². The zero-order valence-corrected chi connectivity index (χ0v) is 24.2. The molecule has 0 bridgehead atoms. The first-order chi connectivity index (χ1) is 20.0. The van der Waals surface area contributed by atoms with Crippen LogP contribution in [0, 0.1) is 6.92 Å². The number of nitrogens with one attached hydrogen (secondary N) is 1. The Hall–Kier alpha value is -4.23. The van der Waals surface area contributed by atoms with Gasteiger partial charge in [-0.15, -0.1) is 0 Å². The number of benzene rings is 3. The number of methoxy groups -OCH3 is 1. The topological polar surface area (TPSA) is 60.9 Å². The molecule has 1 amide bonds. The number of carbonyl (C=O) groups is 1. The fraction of sp³-hybridized carbons (Fsp3) is 0.273. The third-order valence-electron chi connectivity index (χ3n) is 8.02. The SMILES string of the molecule is COc1ccc(N2CCN(C(=O)c3ccc(-c4cnc5c(c4)N(Cc4cc(Cl)ccc4C)CCN5)cc3)CC2)cc1. The minimum Gasteiger partial charge on any atom is -0.497 e. The summed E-state index contributed by atoms with van der Waals surface area (Å²) in [4.78, 5) is 24.6. The highest BCUT2D eigenvalue weighted by Gasteiger charge is 2.23. The molecule has 3 heterocycles. The molecule has 1 aromatic heterocycles. The molecule has 2 aliphatic rings. The van der Waals surface area contributed by atoms with Crippen molar-refractivity contribution in [1.82, 2.24) is 9.88 Å². The van der Waals surface area contributed by atoms with Crippen LogP contribution in [0.4, 0.5) is 17.2 Å². The number of fused-ring (bicyclic) bond motifs is 1. The number of ether oxygens (including phenoxy) is 1. The number of aromatic nitrogens is 1. The van der Waals surface area contributed by atoms with E-state index in [1.54, 1.807) is 7.11 Å². The lowest BCUT2D eigenvalue weighted by molar-refractivity contribution is 0.0747. The molecule has 0 saturated carbocycles. The molecule has 1 N–H and O–H groups in total. The van der Waals surface area contributed by atoms with Crippen LogP contribution in [0.3, 0.4) is 0 Å². The van der Waals surface area contributed by atoms with E-state index in [9.17, 15) is 4.79 Å². The van der Waals surface area contributed by atoms with E-state index in [2.05, 4.69) is 46.3 Å². The van der Waals surface area contributed by atoms with Crippen LogP contribution in [0.25, 0.3) is 11.1 Å². The molecule has 0 radical (unpaired) electrons. The Labute approximate surface area is 246 Å². The average molecular weight is 568 g/mol. The van der Waals surface area contributed by atoms with Crippen LogP contribution in [-0.4, -0.2) is 62.2 Å². The monoisotopic (exact) mass is 567 g/mol. The summed E-state index contributed by atoms with van der Waals surface area (Å²) in [5.74, 6) is 1.81. The van der Waals surface area contributed by atoms with Gasteiger partial charge in [0.1, 0.15) is 11.6 Å². The number of pyridine rings is 1. The molecule has 3 aromatic carbocycles. The van der Waals surface area contributed by atoms with Gasteiger partial charge in [0.2, 0.25) is 0 Å². The van der Waals surface area contributed by atoms with Gasteiger partial charge in [0.05, 0.1) is 12.8 Å². The van der Waals surface area contributed by atoms with Gasteiger partial charge < -0.3 is 24.8 Å². The maximum atomic E-state index is 13.3. The van der Waals surface area contributed by atoms with Crippen LogP contribution in [0.2, 0.25) is 5.02 Å². The fourth-order valence-electron chi connectivity index (χ4n) is 5.55. The lowest BCUT2D eigenvalue weighted by Crippen LogP contribution is -2.48. The van der Waals surface area contributed by atoms with Crippen molar-refractivity contribution in [3.8, 4) is 16.9 Å². The molecule has 0 atom stereocenters. The number of aryl methyl sites for hydroxylation is 1. The number of hydrogen-bond acceptors (Lipinski definition) is 6. The number of halogens is 1. The molecule has 41 heavy (non-hydrogen) atoms. The molecule has 8 heteroatoms. The van der Waals surface area contributed by atoms with Gasteiger partial charge in [0.25, 0.3) is 5.91 Å². The summed E-state index contributed by atoms with van der Waals surface area (Å²) >= 11 is 6.29. The molecule has 1 saturated heterocycles. The number of amides is 1. The highest BCUT2D eigenvalue weighted by molar-refractivity contribution is 6.30. The third-order valence-corrected chi connectivity index (χ3v) is 8.26. The summed E-state index contributed by atoms with van der Waals surface area (Å²) in [5, 5.41) is 4.18. The first-order valence-corrected chi connectivity index (χ1v) is 14.4. The Bertz CT molecular complexity index is 1530. The summed E-state index contributed by atoms with van der Waals surface area (Å²) in [7, 11) is 1.67. The number of anilines is 3. The second-order valence-electron chi connectivity index (χ2n) is 10.6. The molecule has 0 spiro atoms. The Morgan fingerprint density at radius 3 is 2.41 bits per heavy atom. The number of rotatable bonds is 6. The lowest BCUT2D eigenvalue weighted by Gasteiger charge is -2.36. The Morgan fingerprint density at radius 2 is 1.68 bits per heavy atom. The smallest absolute Gasteiger partial charge is 0.253 e. The minimum atomic E-state index is 0.0711. The second-order valence-corrected chi connectivity index (χ2v) is 11.0. The molecular formula is C33H34ClN5O2. The van der Waals surface area contributed by atoms with Crippen molar-refractivity contribution in [2.75, 3.05) is 61.5 Å². The maximum Gasteiger partial charge on any atom is 0.253 e. The predicted molar refractivity (Wildman–Crippen MR) is 167 cm³/mol. The fourth-order valence-corrected chi connectivity index (χ4v) is 5.74. The molecule has 7 nitrogen and oxygen atoms in total. The van der Waals surface area contributed by atoms with Gasteiger partial charge in [-0.25, -0.2) is 4.98 Å². The van der Waals surface area contributed by atoms with E-state index in [0.29, 0.717) is 18.7 Å². The van der Waals surface area contributed by atoms with E-state index in [0.717, 1.165) is 71.8 Å².